The van der Waals surface area contributed by atoms with Crippen molar-refractivity contribution >= 4 is 11.7 Å². The molecule has 1 aliphatic carbocycles. The van der Waals surface area contributed by atoms with E-state index < -0.39 is 6.36 Å². The topological polar surface area (TPSA) is 85.9 Å². The molecule has 5 atom stereocenters. The fourth-order valence-corrected chi connectivity index (χ4v) is 5.81. The molecular weight excluding hydrogens is 463 g/mol. The van der Waals surface area contributed by atoms with E-state index >= 15 is 0 Å². The number of hydrogen-bond donors (Lipinski definition) is 3. The van der Waals surface area contributed by atoms with Gasteiger partial charge in [-0.2, -0.15) is 5.53 Å². The second-order valence-corrected chi connectivity index (χ2v) is 9.94. The van der Waals surface area contributed by atoms with E-state index in [1.54, 1.807) is 6.20 Å². The zero-order chi connectivity index (χ0) is 24.6. The van der Waals surface area contributed by atoms with Crippen molar-refractivity contribution in [2.75, 3.05) is 26.2 Å². The number of benzene rings is 1. The molecule has 5 rings (SSSR count). The minimum atomic E-state index is -4.76. The van der Waals surface area contributed by atoms with E-state index in [0.717, 1.165) is 64.0 Å². The van der Waals surface area contributed by atoms with Crippen LogP contribution in [-0.4, -0.2) is 66.1 Å². The Bertz CT molecular complexity index is 970. The molecule has 1 amide bonds. The Morgan fingerprint density at radius 2 is 1.71 bits per heavy atom. The van der Waals surface area contributed by atoms with Crippen molar-refractivity contribution in [3.8, 4) is 5.75 Å². The first-order chi connectivity index (χ1) is 16.7. The number of rotatable bonds is 5. The average Bonchev–Trinajstić information content (AvgIpc) is 3.47. The van der Waals surface area contributed by atoms with Crippen molar-refractivity contribution in [1.82, 2.24) is 26.2 Å². The van der Waals surface area contributed by atoms with Crippen LogP contribution in [0.4, 0.5) is 13.2 Å². The highest BCUT2D eigenvalue weighted by atomic mass is 19.4. The third kappa shape index (κ3) is 5.62. The van der Waals surface area contributed by atoms with Gasteiger partial charge in [-0.15, -0.1) is 13.2 Å². The number of ether oxygens (including phenoxy) is 1. The van der Waals surface area contributed by atoms with Gasteiger partial charge in [0.15, 0.2) is 5.78 Å². The molecule has 0 bridgehead atoms. The normalized spacial score (nSPS) is 30.9. The predicted octanol–water partition coefficient (Wildman–Crippen LogP) is 2.21. The summed E-state index contributed by atoms with van der Waals surface area (Å²) in [4.78, 5) is 29.8. The molecular formula is C24H30F3N5O3. The smallest absolute Gasteiger partial charge is 0.406 e. The van der Waals surface area contributed by atoms with E-state index in [9.17, 15) is 22.8 Å². The lowest BCUT2D eigenvalue weighted by atomic mass is 9.82. The van der Waals surface area contributed by atoms with Crippen molar-refractivity contribution in [1.29, 1.82) is 0 Å². The molecule has 3 N–H and O–H groups in total. The molecule has 4 fully saturated rings. The van der Waals surface area contributed by atoms with Crippen LogP contribution in [-0.2, 0) is 4.79 Å². The molecule has 8 nitrogen and oxygen atoms in total. The highest BCUT2D eigenvalue weighted by Gasteiger charge is 2.43. The number of hydrazine groups is 2. The first-order valence-electron chi connectivity index (χ1n) is 12.1. The Balaban J connectivity index is 1.12. The van der Waals surface area contributed by atoms with Gasteiger partial charge in [-0.1, -0.05) is 0 Å². The summed E-state index contributed by atoms with van der Waals surface area (Å²) in [5.74, 6) is 0.532. The van der Waals surface area contributed by atoms with Crippen LogP contribution in [0.2, 0.25) is 0 Å². The monoisotopic (exact) mass is 493 g/mol. The second kappa shape index (κ2) is 9.79. The number of nitrogens with zero attached hydrogens (tertiary/aromatic N) is 2. The molecule has 3 unspecified atom stereocenters. The number of fused-ring (bicyclic) bond motifs is 2. The number of amides is 1. The molecule has 3 heterocycles. The van der Waals surface area contributed by atoms with Crippen LogP contribution in [0.1, 0.15) is 36.0 Å². The van der Waals surface area contributed by atoms with Gasteiger partial charge in [-0.25, -0.2) is 10.9 Å². The minimum Gasteiger partial charge on any atom is -0.406 e. The summed E-state index contributed by atoms with van der Waals surface area (Å²) in [6.07, 6.45) is 2.13. The zero-order valence-electron chi connectivity index (χ0n) is 19.3. The summed E-state index contributed by atoms with van der Waals surface area (Å²) in [5, 5.41) is 0. The summed E-state index contributed by atoms with van der Waals surface area (Å²) in [6, 6.07) is 5.57. The summed E-state index contributed by atoms with van der Waals surface area (Å²) >= 11 is 0. The number of ketones is 1. The maximum atomic E-state index is 13.2. The Morgan fingerprint density at radius 3 is 2.49 bits per heavy atom. The molecule has 190 valence electrons. The van der Waals surface area contributed by atoms with Crippen LogP contribution < -0.4 is 21.1 Å². The lowest BCUT2D eigenvalue weighted by molar-refractivity contribution is -0.274. The Hall–Kier alpha value is -2.63. The van der Waals surface area contributed by atoms with Crippen LogP contribution in [0, 0.1) is 17.8 Å². The molecule has 35 heavy (non-hydrogen) atoms. The van der Waals surface area contributed by atoms with Crippen molar-refractivity contribution < 1.29 is 27.5 Å². The van der Waals surface area contributed by atoms with Gasteiger partial charge in [-0.3, -0.25) is 9.59 Å². The van der Waals surface area contributed by atoms with Gasteiger partial charge >= 0.3 is 6.36 Å². The second-order valence-electron chi connectivity index (χ2n) is 9.94. The standard InChI is InChI=1S/C24H30F3N5O3/c25-24(26,27)35-19-4-1-15(2-5-19)22(33)8-10-31-9-7-17-13-32(14-18(17)12-31)23(34)16-3-6-20-21(11-16)29-30-28-20/h1-2,4-5,8,10,16-18,20-21,28-30H,3,6-7,9,11-14H2/b10-8+/t16?,17-,18-,20?,21?/m1/s1. The quantitative estimate of drug-likeness (QED) is 0.429. The lowest BCUT2D eigenvalue weighted by Crippen LogP contribution is -2.45. The summed E-state index contributed by atoms with van der Waals surface area (Å²) < 4.78 is 40.7. The summed E-state index contributed by atoms with van der Waals surface area (Å²) in [7, 11) is 0. The van der Waals surface area contributed by atoms with Crippen molar-refractivity contribution in [2.45, 2.75) is 44.1 Å². The predicted molar refractivity (Wildman–Crippen MR) is 121 cm³/mol. The molecule has 0 radical (unpaired) electrons. The number of nitrogens with one attached hydrogen (secondary N) is 3. The van der Waals surface area contributed by atoms with Gasteiger partial charge in [0.25, 0.3) is 0 Å². The van der Waals surface area contributed by atoms with Gasteiger partial charge in [0.1, 0.15) is 5.75 Å². The third-order valence-corrected chi connectivity index (χ3v) is 7.67. The number of allylic oxidation sites excluding steroid dienone is 1. The van der Waals surface area contributed by atoms with Gasteiger partial charge in [0.2, 0.25) is 5.91 Å². The van der Waals surface area contributed by atoms with E-state index in [1.807, 2.05) is 4.90 Å². The summed E-state index contributed by atoms with van der Waals surface area (Å²) in [5.41, 5.74) is 9.68. The fourth-order valence-electron chi connectivity index (χ4n) is 5.81. The highest BCUT2D eigenvalue weighted by molar-refractivity contribution is 6.04. The third-order valence-electron chi connectivity index (χ3n) is 7.67. The Labute approximate surface area is 201 Å². The van der Waals surface area contributed by atoms with Crippen molar-refractivity contribution in [3.05, 3.63) is 42.1 Å². The van der Waals surface area contributed by atoms with E-state index in [-0.39, 0.29) is 29.4 Å². The van der Waals surface area contributed by atoms with Crippen molar-refractivity contribution in [2.24, 2.45) is 17.8 Å². The number of carbonyl (C=O) groups is 2. The first-order valence-corrected chi connectivity index (χ1v) is 12.1. The molecule has 1 aromatic rings. The molecule has 1 saturated carbocycles. The maximum Gasteiger partial charge on any atom is 0.573 e. The molecule has 3 saturated heterocycles. The van der Waals surface area contributed by atoms with Gasteiger partial charge in [-0.05, 0) is 61.8 Å². The number of alkyl halides is 3. The van der Waals surface area contributed by atoms with E-state index in [2.05, 4.69) is 26.0 Å². The van der Waals surface area contributed by atoms with Crippen LogP contribution in [0.25, 0.3) is 0 Å². The van der Waals surface area contributed by atoms with E-state index in [0.29, 0.717) is 23.4 Å². The van der Waals surface area contributed by atoms with Crippen LogP contribution in [0.5, 0.6) is 5.75 Å². The molecule has 4 aliphatic rings. The molecule has 1 aromatic carbocycles. The largest absolute Gasteiger partial charge is 0.573 e. The molecule has 0 aromatic heterocycles. The number of hydrogen-bond acceptors (Lipinski definition) is 7. The first kappa shape index (κ1) is 24.1. The Morgan fingerprint density at radius 1 is 0.971 bits per heavy atom. The maximum absolute atomic E-state index is 13.2. The lowest BCUT2D eigenvalue weighted by Gasteiger charge is -2.33. The summed E-state index contributed by atoms with van der Waals surface area (Å²) in [6.45, 7) is 3.14. The average molecular weight is 494 g/mol. The van der Waals surface area contributed by atoms with Gasteiger partial charge in [0, 0.05) is 62.0 Å². The van der Waals surface area contributed by atoms with Crippen LogP contribution in [0.15, 0.2) is 36.5 Å². The van der Waals surface area contributed by atoms with E-state index in [4.69, 9.17) is 0 Å². The van der Waals surface area contributed by atoms with Crippen molar-refractivity contribution in [3.63, 3.8) is 0 Å². The molecule has 11 heteroatoms. The van der Waals surface area contributed by atoms with E-state index in [1.165, 1.54) is 18.2 Å². The number of halogens is 3. The number of carbonyl (C=O) groups excluding carboxylic acids is 2. The van der Waals surface area contributed by atoms with Gasteiger partial charge < -0.3 is 14.5 Å². The SMILES string of the molecule is O=C(/C=C/N1CC[C@@H]2CN(C(=O)C3CCC4NNNC4C3)C[C@H]2C1)c1ccc(OC(F)(F)F)cc1. The van der Waals surface area contributed by atoms with Gasteiger partial charge in [0.05, 0.1) is 0 Å². The fraction of sp³-hybridized carbons (Fsp3) is 0.583. The number of piperidine rings is 1. The van der Waals surface area contributed by atoms with Crippen LogP contribution in [0.3, 0.4) is 0 Å². The minimum absolute atomic E-state index is 0.0622. The van der Waals surface area contributed by atoms with Crippen LogP contribution >= 0.6 is 0 Å². The highest BCUT2D eigenvalue weighted by Crippen LogP contribution is 2.34. The number of likely N-dealkylation sites (tertiary alicyclic amines) is 2. The molecule has 0 spiro atoms. The Kier molecular flexibility index (Phi) is 6.73. The molecule has 3 aliphatic heterocycles. The zero-order valence-corrected chi connectivity index (χ0v) is 19.3.